The molecular weight excluding hydrogens is 298 g/mol. The molecule has 124 valence electrons. The second-order valence-electron chi connectivity index (χ2n) is 5.90. The number of methoxy groups -OCH3 is 2. The number of fused-ring (bicyclic) bond motifs is 1. The summed E-state index contributed by atoms with van der Waals surface area (Å²) in [6, 6.07) is 20.9. The summed E-state index contributed by atoms with van der Waals surface area (Å²) in [5.41, 5.74) is 8.45. The van der Waals surface area contributed by atoms with Crippen LogP contribution in [0, 0.1) is 0 Å². The molecule has 3 nitrogen and oxygen atoms in total. The smallest absolute Gasteiger partial charge is 0.164 e. The third-order valence-electron chi connectivity index (χ3n) is 4.45. The number of hydrogen-bond donors (Lipinski definition) is 1. The molecule has 0 radical (unpaired) electrons. The van der Waals surface area contributed by atoms with Gasteiger partial charge in [0.25, 0.3) is 0 Å². The van der Waals surface area contributed by atoms with E-state index in [1.54, 1.807) is 14.2 Å². The number of rotatable bonds is 6. The lowest BCUT2D eigenvalue weighted by Crippen LogP contribution is -2.16. The van der Waals surface area contributed by atoms with E-state index < -0.39 is 0 Å². The zero-order valence-electron chi connectivity index (χ0n) is 14.2. The van der Waals surface area contributed by atoms with Crippen LogP contribution in [-0.2, 0) is 6.42 Å². The third kappa shape index (κ3) is 3.22. The lowest BCUT2D eigenvalue weighted by atomic mass is 9.90. The van der Waals surface area contributed by atoms with Crippen molar-refractivity contribution in [2.75, 3.05) is 20.8 Å². The van der Waals surface area contributed by atoms with E-state index in [1.807, 2.05) is 12.1 Å². The standard InChI is InChI=1S/C21H23NO2/c1-23-20-9-5-8-19(21(20)24-2)18(14-22)13-15-10-11-16-6-3-4-7-17(16)12-15/h3-12,18H,13-14,22H2,1-2H3. The highest BCUT2D eigenvalue weighted by molar-refractivity contribution is 5.83. The maximum atomic E-state index is 6.08. The summed E-state index contributed by atoms with van der Waals surface area (Å²) in [7, 11) is 3.33. The number of nitrogens with two attached hydrogens (primary N) is 1. The van der Waals surface area contributed by atoms with Crippen LogP contribution in [0.5, 0.6) is 11.5 Å². The molecule has 0 aromatic heterocycles. The zero-order valence-corrected chi connectivity index (χ0v) is 14.2. The fourth-order valence-corrected chi connectivity index (χ4v) is 3.20. The molecule has 0 amide bonds. The molecule has 3 aromatic rings. The van der Waals surface area contributed by atoms with Gasteiger partial charge in [-0.15, -0.1) is 0 Å². The van der Waals surface area contributed by atoms with E-state index in [9.17, 15) is 0 Å². The first-order valence-corrected chi connectivity index (χ1v) is 8.15. The van der Waals surface area contributed by atoms with E-state index in [4.69, 9.17) is 15.2 Å². The van der Waals surface area contributed by atoms with Crippen LogP contribution in [0.15, 0.2) is 60.7 Å². The van der Waals surface area contributed by atoms with Gasteiger partial charge >= 0.3 is 0 Å². The Hall–Kier alpha value is -2.52. The Morgan fingerprint density at radius 2 is 1.67 bits per heavy atom. The maximum Gasteiger partial charge on any atom is 0.164 e. The van der Waals surface area contributed by atoms with Gasteiger partial charge in [0.15, 0.2) is 11.5 Å². The second-order valence-corrected chi connectivity index (χ2v) is 5.90. The zero-order chi connectivity index (χ0) is 16.9. The molecule has 1 atom stereocenters. The van der Waals surface area contributed by atoms with Gasteiger partial charge in [-0.1, -0.05) is 54.6 Å². The van der Waals surface area contributed by atoms with Crippen molar-refractivity contribution in [3.8, 4) is 11.5 Å². The molecule has 1 unspecified atom stereocenters. The van der Waals surface area contributed by atoms with Crippen molar-refractivity contribution < 1.29 is 9.47 Å². The van der Waals surface area contributed by atoms with Crippen molar-refractivity contribution in [2.24, 2.45) is 5.73 Å². The fourth-order valence-electron chi connectivity index (χ4n) is 3.20. The Bertz CT molecular complexity index is 829. The van der Waals surface area contributed by atoms with Crippen LogP contribution in [0.1, 0.15) is 17.0 Å². The summed E-state index contributed by atoms with van der Waals surface area (Å²) in [4.78, 5) is 0. The molecule has 2 N–H and O–H groups in total. The fraction of sp³-hybridized carbons (Fsp3) is 0.238. The van der Waals surface area contributed by atoms with Crippen LogP contribution in [0.25, 0.3) is 10.8 Å². The van der Waals surface area contributed by atoms with Gasteiger partial charge < -0.3 is 15.2 Å². The highest BCUT2D eigenvalue weighted by Crippen LogP contribution is 2.36. The largest absolute Gasteiger partial charge is 0.493 e. The Kier molecular flexibility index (Phi) is 5.02. The molecule has 3 heteroatoms. The van der Waals surface area contributed by atoms with Gasteiger partial charge in [0.05, 0.1) is 14.2 Å². The van der Waals surface area contributed by atoms with E-state index in [2.05, 4.69) is 48.5 Å². The summed E-state index contributed by atoms with van der Waals surface area (Å²) in [5, 5.41) is 2.51. The minimum atomic E-state index is 0.177. The molecule has 24 heavy (non-hydrogen) atoms. The van der Waals surface area contributed by atoms with E-state index in [-0.39, 0.29) is 5.92 Å². The molecule has 0 aliphatic rings. The summed E-state index contributed by atoms with van der Waals surface area (Å²) >= 11 is 0. The molecule has 0 aliphatic carbocycles. The maximum absolute atomic E-state index is 6.08. The Morgan fingerprint density at radius 1 is 0.875 bits per heavy atom. The van der Waals surface area contributed by atoms with Gasteiger partial charge in [0, 0.05) is 11.5 Å². The molecule has 3 aromatic carbocycles. The lowest BCUT2D eigenvalue weighted by molar-refractivity contribution is 0.349. The molecule has 0 aliphatic heterocycles. The van der Waals surface area contributed by atoms with Gasteiger partial charge in [-0.2, -0.15) is 0 Å². The first-order chi connectivity index (χ1) is 11.8. The summed E-state index contributed by atoms with van der Waals surface area (Å²) in [6.45, 7) is 0.552. The van der Waals surface area contributed by atoms with E-state index >= 15 is 0 Å². The molecule has 0 fully saturated rings. The Labute approximate surface area is 143 Å². The lowest BCUT2D eigenvalue weighted by Gasteiger charge is -2.20. The minimum Gasteiger partial charge on any atom is -0.493 e. The van der Waals surface area contributed by atoms with Crippen LogP contribution in [0.3, 0.4) is 0 Å². The highest BCUT2D eigenvalue weighted by atomic mass is 16.5. The van der Waals surface area contributed by atoms with Crippen molar-refractivity contribution in [3.63, 3.8) is 0 Å². The second kappa shape index (κ2) is 7.37. The molecule has 0 spiro atoms. The predicted octanol–water partition coefficient (Wildman–Crippen LogP) is 4.14. The summed E-state index contributed by atoms with van der Waals surface area (Å²) in [5.74, 6) is 1.69. The summed E-state index contributed by atoms with van der Waals surface area (Å²) < 4.78 is 11.0. The van der Waals surface area contributed by atoms with Crippen molar-refractivity contribution in [3.05, 3.63) is 71.8 Å². The first kappa shape index (κ1) is 16.3. The number of ether oxygens (including phenoxy) is 2. The van der Waals surface area contributed by atoms with Crippen molar-refractivity contribution in [1.29, 1.82) is 0 Å². The molecule has 0 heterocycles. The van der Waals surface area contributed by atoms with Gasteiger partial charge in [0.1, 0.15) is 0 Å². The predicted molar refractivity (Wildman–Crippen MR) is 99.0 cm³/mol. The highest BCUT2D eigenvalue weighted by Gasteiger charge is 2.18. The van der Waals surface area contributed by atoms with Crippen molar-refractivity contribution >= 4 is 10.8 Å². The topological polar surface area (TPSA) is 44.5 Å². The number of para-hydroxylation sites is 1. The van der Waals surface area contributed by atoms with Gasteiger partial charge in [-0.05, 0) is 35.4 Å². The van der Waals surface area contributed by atoms with Gasteiger partial charge in [0.2, 0.25) is 0 Å². The quantitative estimate of drug-likeness (QED) is 0.742. The molecule has 0 bridgehead atoms. The SMILES string of the molecule is COc1cccc(C(CN)Cc2ccc3ccccc3c2)c1OC. The third-order valence-corrected chi connectivity index (χ3v) is 4.45. The molecule has 3 rings (SSSR count). The van der Waals surface area contributed by atoms with E-state index in [1.165, 1.54) is 16.3 Å². The van der Waals surface area contributed by atoms with Crippen molar-refractivity contribution in [1.82, 2.24) is 0 Å². The Balaban J connectivity index is 1.94. The van der Waals surface area contributed by atoms with Crippen LogP contribution in [0.4, 0.5) is 0 Å². The average Bonchev–Trinajstić information content (AvgIpc) is 2.65. The van der Waals surface area contributed by atoms with Crippen LogP contribution >= 0.6 is 0 Å². The van der Waals surface area contributed by atoms with Crippen LogP contribution in [-0.4, -0.2) is 20.8 Å². The van der Waals surface area contributed by atoms with E-state index in [0.29, 0.717) is 6.54 Å². The minimum absolute atomic E-state index is 0.177. The average molecular weight is 321 g/mol. The summed E-state index contributed by atoms with van der Waals surface area (Å²) in [6.07, 6.45) is 0.866. The first-order valence-electron chi connectivity index (χ1n) is 8.15. The normalized spacial score (nSPS) is 12.1. The molecule has 0 saturated heterocycles. The van der Waals surface area contributed by atoms with Crippen LogP contribution in [0.2, 0.25) is 0 Å². The monoisotopic (exact) mass is 321 g/mol. The van der Waals surface area contributed by atoms with Gasteiger partial charge in [-0.25, -0.2) is 0 Å². The van der Waals surface area contributed by atoms with Crippen LogP contribution < -0.4 is 15.2 Å². The van der Waals surface area contributed by atoms with Gasteiger partial charge in [-0.3, -0.25) is 0 Å². The molecule has 0 saturated carbocycles. The Morgan fingerprint density at radius 3 is 2.38 bits per heavy atom. The van der Waals surface area contributed by atoms with E-state index in [0.717, 1.165) is 23.5 Å². The van der Waals surface area contributed by atoms with Crippen molar-refractivity contribution in [2.45, 2.75) is 12.3 Å². The molecular formula is C21H23NO2. The number of benzene rings is 3. The number of hydrogen-bond acceptors (Lipinski definition) is 3.